The minimum atomic E-state index is -1.24. The van der Waals surface area contributed by atoms with E-state index in [1.807, 2.05) is 0 Å². The molecule has 3 aliphatic rings. The van der Waals surface area contributed by atoms with Gasteiger partial charge in [-0.1, -0.05) is 35.9 Å². The fraction of sp³-hybridized carbons (Fsp3) is 0.345. The van der Waals surface area contributed by atoms with Crippen molar-refractivity contribution in [2.24, 2.45) is 11.8 Å². The van der Waals surface area contributed by atoms with Gasteiger partial charge < -0.3 is 19.5 Å². The van der Waals surface area contributed by atoms with E-state index < -0.39 is 47.0 Å². The molecule has 3 amide bonds. The van der Waals surface area contributed by atoms with Crippen LogP contribution in [0.2, 0.25) is 5.02 Å². The molecule has 0 aliphatic carbocycles. The number of halogens is 1. The first-order chi connectivity index (χ1) is 19.2. The Labute approximate surface area is 234 Å². The van der Waals surface area contributed by atoms with Crippen LogP contribution in [0.5, 0.6) is 5.88 Å². The van der Waals surface area contributed by atoms with E-state index in [0.29, 0.717) is 32.9 Å². The van der Waals surface area contributed by atoms with Crippen LogP contribution in [-0.4, -0.2) is 53.9 Å². The van der Waals surface area contributed by atoms with Gasteiger partial charge in [0.15, 0.2) is 0 Å². The molecule has 0 radical (unpaired) electrons. The molecule has 3 aliphatic heterocycles. The number of nitrogens with zero attached hydrogens (tertiary/aromatic N) is 3. The summed E-state index contributed by atoms with van der Waals surface area (Å²) in [5.41, 5.74) is -1.51. The summed E-state index contributed by atoms with van der Waals surface area (Å²) in [5.74, 6) is -2.16. The Kier molecular flexibility index (Phi) is 6.16. The highest BCUT2D eigenvalue weighted by molar-refractivity contribution is 6.30. The number of imide groups is 1. The SMILES string of the molecule is CNC(=O)O[C@H]1CC2(CCOc3ccc(Cl)cn3)OC1(C)[C@@H]1C(=O)N(c3ccc(C#N)c4ccccc34)C(=O)C12. The van der Waals surface area contributed by atoms with Crippen molar-refractivity contribution in [1.82, 2.24) is 10.3 Å². The van der Waals surface area contributed by atoms with Gasteiger partial charge in [0, 0.05) is 42.9 Å². The van der Waals surface area contributed by atoms with Crippen molar-refractivity contribution >= 4 is 46.0 Å². The van der Waals surface area contributed by atoms with E-state index in [0.717, 1.165) is 0 Å². The van der Waals surface area contributed by atoms with E-state index >= 15 is 0 Å². The van der Waals surface area contributed by atoms with Crippen molar-refractivity contribution in [1.29, 1.82) is 5.26 Å². The first kappa shape index (κ1) is 26.0. The number of alkyl carbamates (subject to hydrolysis) is 1. The number of anilines is 1. The molecule has 3 fully saturated rings. The van der Waals surface area contributed by atoms with Gasteiger partial charge >= 0.3 is 6.09 Å². The average Bonchev–Trinajstić information content (AvgIpc) is 3.50. The molecule has 5 atom stereocenters. The van der Waals surface area contributed by atoms with Crippen molar-refractivity contribution in [2.45, 2.75) is 37.1 Å². The molecular formula is C29H25ClN4O6. The Morgan fingerprint density at radius 3 is 2.62 bits per heavy atom. The summed E-state index contributed by atoms with van der Waals surface area (Å²) in [7, 11) is 1.45. The molecule has 1 aromatic heterocycles. The molecule has 3 unspecified atom stereocenters. The Balaban J connectivity index is 1.38. The molecule has 3 aromatic rings. The summed E-state index contributed by atoms with van der Waals surface area (Å²) >= 11 is 5.92. The molecule has 10 nitrogen and oxygen atoms in total. The van der Waals surface area contributed by atoms with Crippen LogP contribution in [0.4, 0.5) is 10.5 Å². The lowest BCUT2D eigenvalue weighted by Crippen LogP contribution is -2.52. The number of benzene rings is 2. The van der Waals surface area contributed by atoms with Gasteiger partial charge in [-0.3, -0.25) is 9.59 Å². The molecule has 40 heavy (non-hydrogen) atoms. The van der Waals surface area contributed by atoms with Gasteiger partial charge in [-0.05, 0) is 25.1 Å². The van der Waals surface area contributed by atoms with Gasteiger partial charge in [0.1, 0.15) is 11.7 Å². The molecule has 1 N–H and O–H groups in total. The van der Waals surface area contributed by atoms with Gasteiger partial charge in [-0.15, -0.1) is 0 Å². The van der Waals surface area contributed by atoms with E-state index in [2.05, 4.69) is 16.4 Å². The fourth-order valence-corrected chi connectivity index (χ4v) is 6.65. The number of carbonyl (C=O) groups is 3. The zero-order valence-corrected chi connectivity index (χ0v) is 22.5. The molecule has 204 valence electrons. The number of nitrogens with one attached hydrogen (secondary N) is 1. The smallest absolute Gasteiger partial charge is 0.407 e. The standard InChI is InChI=1S/C29H25ClN4O6/c1-28-21(39-27(37)32-2)13-29(40-28,11-12-38-22-10-8-17(30)15-33-22)24-23(28)25(35)34(26(24)36)20-9-7-16(14-31)18-5-3-4-6-19(18)20/h3-10,15,21,23-24H,11-13H2,1-2H3,(H,32,37)/t21-,23-,24?,28?,29?/m0/s1. The summed E-state index contributed by atoms with van der Waals surface area (Å²) in [4.78, 5) is 45.8. The van der Waals surface area contributed by atoms with Crippen LogP contribution < -0.4 is 15.0 Å². The minimum Gasteiger partial charge on any atom is -0.478 e. The average molecular weight is 561 g/mol. The molecule has 4 heterocycles. The topological polar surface area (TPSA) is 131 Å². The fourth-order valence-electron chi connectivity index (χ4n) is 6.54. The first-order valence-electron chi connectivity index (χ1n) is 12.8. The lowest BCUT2D eigenvalue weighted by Gasteiger charge is -2.35. The number of carbonyl (C=O) groups excluding carboxylic acids is 3. The number of rotatable bonds is 6. The van der Waals surface area contributed by atoms with Crippen LogP contribution in [0.3, 0.4) is 0 Å². The predicted molar refractivity (Wildman–Crippen MR) is 144 cm³/mol. The molecule has 0 spiro atoms. The number of pyridine rings is 1. The summed E-state index contributed by atoms with van der Waals surface area (Å²) in [6.07, 6.45) is 0.522. The molecule has 3 saturated heterocycles. The highest BCUT2D eigenvalue weighted by Gasteiger charge is 2.78. The summed E-state index contributed by atoms with van der Waals surface area (Å²) in [6, 6.07) is 15.9. The third kappa shape index (κ3) is 3.80. The molecule has 2 bridgehead atoms. The van der Waals surface area contributed by atoms with Gasteiger partial charge in [-0.25, -0.2) is 14.7 Å². The summed E-state index contributed by atoms with van der Waals surface area (Å²) in [6.45, 7) is 1.86. The Morgan fingerprint density at radius 2 is 1.93 bits per heavy atom. The van der Waals surface area contributed by atoms with Crippen molar-refractivity contribution in [3.8, 4) is 11.9 Å². The molecule has 11 heteroatoms. The first-order valence-corrected chi connectivity index (χ1v) is 13.2. The van der Waals surface area contributed by atoms with Crippen LogP contribution in [-0.2, 0) is 19.1 Å². The zero-order valence-electron chi connectivity index (χ0n) is 21.7. The zero-order chi connectivity index (χ0) is 28.2. The van der Waals surface area contributed by atoms with Crippen molar-refractivity contribution in [3.05, 3.63) is 65.3 Å². The highest BCUT2D eigenvalue weighted by Crippen LogP contribution is 2.63. The third-order valence-electron chi connectivity index (χ3n) is 8.28. The predicted octanol–water partition coefficient (Wildman–Crippen LogP) is 3.99. The van der Waals surface area contributed by atoms with E-state index in [1.54, 1.807) is 55.5 Å². The van der Waals surface area contributed by atoms with Crippen LogP contribution >= 0.6 is 11.6 Å². The maximum absolute atomic E-state index is 14.2. The van der Waals surface area contributed by atoms with E-state index in [1.165, 1.54) is 18.1 Å². The number of amides is 3. The lowest BCUT2D eigenvalue weighted by atomic mass is 9.66. The van der Waals surface area contributed by atoms with E-state index in [-0.39, 0.29) is 19.4 Å². The molecular weight excluding hydrogens is 536 g/mol. The third-order valence-corrected chi connectivity index (χ3v) is 8.50. The molecule has 0 saturated carbocycles. The Hall–Kier alpha value is -4.20. The normalized spacial score (nSPS) is 28.4. The number of nitriles is 1. The van der Waals surface area contributed by atoms with Gasteiger partial charge in [0.2, 0.25) is 17.7 Å². The molecule has 6 rings (SSSR count). The van der Waals surface area contributed by atoms with Crippen LogP contribution in [0, 0.1) is 23.2 Å². The van der Waals surface area contributed by atoms with Gasteiger partial charge in [-0.2, -0.15) is 5.26 Å². The maximum Gasteiger partial charge on any atom is 0.407 e. The van der Waals surface area contributed by atoms with Crippen molar-refractivity contribution in [2.75, 3.05) is 18.6 Å². The number of ether oxygens (including phenoxy) is 3. The summed E-state index contributed by atoms with van der Waals surface area (Å²) in [5, 5.41) is 13.8. The van der Waals surface area contributed by atoms with Crippen molar-refractivity contribution < 1.29 is 28.6 Å². The second kappa shape index (κ2) is 9.47. The monoisotopic (exact) mass is 560 g/mol. The molecule has 2 aromatic carbocycles. The van der Waals surface area contributed by atoms with Crippen molar-refractivity contribution in [3.63, 3.8) is 0 Å². The number of hydrogen-bond donors (Lipinski definition) is 1. The van der Waals surface area contributed by atoms with Gasteiger partial charge in [0.25, 0.3) is 0 Å². The second-order valence-electron chi connectivity index (χ2n) is 10.4. The number of fused-ring (bicyclic) bond motifs is 6. The van der Waals surface area contributed by atoms with Crippen LogP contribution in [0.15, 0.2) is 54.7 Å². The van der Waals surface area contributed by atoms with E-state index in [9.17, 15) is 19.6 Å². The number of hydrogen-bond acceptors (Lipinski definition) is 8. The second-order valence-corrected chi connectivity index (χ2v) is 10.8. The van der Waals surface area contributed by atoms with Crippen LogP contribution in [0.1, 0.15) is 25.3 Å². The number of aromatic nitrogens is 1. The Bertz CT molecular complexity index is 1590. The largest absolute Gasteiger partial charge is 0.478 e. The highest BCUT2D eigenvalue weighted by atomic mass is 35.5. The quantitative estimate of drug-likeness (QED) is 0.448. The van der Waals surface area contributed by atoms with E-state index in [4.69, 9.17) is 25.8 Å². The lowest BCUT2D eigenvalue weighted by molar-refractivity contribution is -0.134. The maximum atomic E-state index is 14.2. The van der Waals surface area contributed by atoms with Gasteiger partial charge in [0.05, 0.1) is 46.4 Å². The Morgan fingerprint density at radius 1 is 1.18 bits per heavy atom. The summed E-state index contributed by atoms with van der Waals surface area (Å²) < 4.78 is 18.0. The van der Waals surface area contributed by atoms with Crippen LogP contribution in [0.25, 0.3) is 10.8 Å². The minimum absolute atomic E-state index is 0.141.